The highest BCUT2D eigenvalue weighted by molar-refractivity contribution is 5.33. The molecule has 0 amide bonds. The lowest BCUT2D eigenvalue weighted by Gasteiger charge is -2.04. The monoisotopic (exact) mass is 241 g/mol. The summed E-state index contributed by atoms with van der Waals surface area (Å²) in [4.78, 5) is 0. The molecule has 0 aliphatic heterocycles. The van der Waals surface area contributed by atoms with Crippen LogP contribution in [0.1, 0.15) is 36.9 Å². The van der Waals surface area contributed by atoms with Crippen LogP contribution in [-0.4, -0.2) is 20.1 Å². The fourth-order valence-electron chi connectivity index (χ4n) is 1.72. The molecule has 4 heteroatoms. The Morgan fingerprint density at radius 1 is 1.33 bits per heavy atom. The first-order valence-electron chi connectivity index (χ1n) is 5.80. The van der Waals surface area contributed by atoms with Crippen LogP contribution >= 0.6 is 0 Å². The number of nitrogens with zero attached hydrogens (tertiary/aromatic N) is 3. The molecule has 0 saturated carbocycles. The zero-order valence-corrected chi connectivity index (χ0v) is 10.5. The highest BCUT2D eigenvalue weighted by Gasteiger charge is 2.15. The Kier molecular flexibility index (Phi) is 3.75. The molecule has 0 saturated heterocycles. The molecule has 92 valence electrons. The summed E-state index contributed by atoms with van der Waals surface area (Å²) in [5.41, 5.74) is 2.33. The SMILES string of the molecule is CC#Cc1c(C(C)O)nnn1Cc1ccccc1. The minimum atomic E-state index is -0.662. The zero-order chi connectivity index (χ0) is 13.0. The summed E-state index contributed by atoms with van der Waals surface area (Å²) in [7, 11) is 0. The summed E-state index contributed by atoms with van der Waals surface area (Å²) >= 11 is 0. The minimum Gasteiger partial charge on any atom is -0.387 e. The molecule has 0 spiro atoms. The van der Waals surface area contributed by atoms with Crippen LogP contribution in [0.3, 0.4) is 0 Å². The van der Waals surface area contributed by atoms with Crippen molar-refractivity contribution in [1.82, 2.24) is 15.0 Å². The van der Waals surface area contributed by atoms with Gasteiger partial charge in [-0.1, -0.05) is 41.5 Å². The molecule has 1 N–H and O–H groups in total. The molecule has 0 fully saturated rings. The van der Waals surface area contributed by atoms with Gasteiger partial charge in [-0.2, -0.15) is 0 Å². The highest BCUT2D eigenvalue weighted by atomic mass is 16.3. The van der Waals surface area contributed by atoms with Crippen molar-refractivity contribution >= 4 is 0 Å². The standard InChI is InChI=1S/C14H15N3O/c1-3-7-13-14(11(2)18)15-16-17(13)10-12-8-5-4-6-9-12/h4-6,8-9,11,18H,10H2,1-2H3. The van der Waals surface area contributed by atoms with Gasteiger partial charge in [-0.3, -0.25) is 0 Å². The third-order valence-electron chi connectivity index (χ3n) is 2.58. The number of hydrogen-bond acceptors (Lipinski definition) is 3. The van der Waals surface area contributed by atoms with E-state index in [2.05, 4.69) is 22.2 Å². The number of rotatable bonds is 3. The normalized spacial score (nSPS) is 11.7. The molecule has 1 unspecified atom stereocenters. The zero-order valence-electron chi connectivity index (χ0n) is 10.5. The molecule has 2 aromatic rings. The molecule has 0 radical (unpaired) electrons. The van der Waals surface area contributed by atoms with Gasteiger partial charge in [0.15, 0.2) is 0 Å². The summed E-state index contributed by atoms with van der Waals surface area (Å²) in [5, 5.41) is 17.7. The smallest absolute Gasteiger partial charge is 0.137 e. The molecule has 4 nitrogen and oxygen atoms in total. The second-order valence-corrected chi connectivity index (χ2v) is 4.02. The largest absolute Gasteiger partial charge is 0.387 e. The Bertz CT molecular complexity index is 576. The Morgan fingerprint density at radius 2 is 2.06 bits per heavy atom. The quantitative estimate of drug-likeness (QED) is 0.833. The molecule has 1 atom stereocenters. The number of hydrogen-bond donors (Lipinski definition) is 1. The molecule has 0 aliphatic rings. The van der Waals surface area contributed by atoms with Crippen LogP contribution < -0.4 is 0 Å². The predicted octanol–water partition coefficient (Wildman–Crippen LogP) is 1.75. The van der Waals surface area contributed by atoms with E-state index in [0.29, 0.717) is 17.9 Å². The van der Waals surface area contributed by atoms with E-state index in [-0.39, 0.29) is 0 Å². The molecule has 0 aliphatic carbocycles. The summed E-state index contributed by atoms with van der Waals surface area (Å²) in [6.07, 6.45) is -0.662. The first-order chi connectivity index (χ1) is 8.72. The van der Waals surface area contributed by atoms with Crippen LogP contribution in [0.4, 0.5) is 0 Å². The van der Waals surface area contributed by atoms with Crippen molar-refractivity contribution in [2.75, 3.05) is 0 Å². The van der Waals surface area contributed by atoms with Crippen molar-refractivity contribution in [2.45, 2.75) is 26.5 Å². The maximum Gasteiger partial charge on any atom is 0.137 e. The summed E-state index contributed by atoms with van der Waals surface area (Å²) in [5.74, 6) is 5.78. The van der Waals surface area contributed by atoms with Gasteiger partial charge in [0.05, 0.1) is 12.6 Å². The van der Waals surface area contributed by atoms with E-state index in [0.717, 1.165) is 5.56 Å². The van der Waals surface area contributed by atoms with E-state index in [1.54, 1.807) is 18.5 Å². The first-order valence-corrected chi connectivity index (χ1v) is 5.80. The maximum absolute atomic E-state index is 9.63. The molecule has 2 rings (SSSR count). The summed E-state index contributed by atoms with van der Waals surface area (Å²) in [6, 6.07) is 9.97. The lowest BCUT2D eigenvalue weighted by molar-refractivity contribution is 0.194. The van der Waals surface area contributed by atoms with Crippen LogP contribution in [0.5, 0.6) is 0 Å². The van der Waals surface area contributed by atoms with Gasteiger partial charge >= 0.3 is 0 Å². The van der Waals surface area contributed by atoms with Crippen molar-refractivity contribution in [2.24, 2.45) is 0 Å². The van der Waals surface area contributed by atoms with Gasteiger partial charge in [0.2, 0.25) is 0 Å². The van der Waals surface area contributed by atoms with E-state index in [4.69, 9.17) is 0 Å². The Labute approximate surface area is 106 Å². The Morgan fingerprint density at radius 3 is 2.67 bits per heavy atom. The van der Waals surface area contributed by atoms with Gasteiger partial charge in [0.25, 0.3) is 0 Å². The highest BCUT2D eigenvalue weighted by Crippen LogP contribution is 2.14. The predicted molar refractivity (Wildman–Crippen MR) is 68.8 cm³/mol. The van der Waals surface area contributed by atoms with Crippen LogP contribution in [0.2, 0.25) is 0 Å². The molecular weight excluding hydrogens is 226 g/mol. The Balaban J connectivity index is 2.36. The maximum atomic E-state index is 9.63. The molecule has 18 heavy (non-hydrogen) atoms. The van der Waals surface area contributed by atoms with E-state index in [1.807, 2.05) is 30.3 Å². The number of aliphatic hydroxyl groups excluding tert-OH is 1. The van der Waals surface area contributed by atoms with Gasteiger partial charge in [0, 0.05) is 0 Å². The number of aromatic nitrogens is 3. The molecule has 1 aromatic heterocycles. The average Bonchev–Trinajstić information content (AvgIpc) is 2.74. The van der Waals surface area contributed by atoms with Crippen molar-refractivity contribution in [3.05, 3.63) is 47.3 Å². The van der Waals surface area contributed by atoms with E-state index in [1.165, 1.54) is 0 Å². The number of aliphatic hydroxyl groups is 1. The van der Waals surface area contributed by atoms with E-state index in [9.17, 15) is 5.11 Å². The Hall–Kier alpha value is -2.12. The van der Waals surface area contributed by atoms with Crippen molar-refractivity contribution in [1.29, 1.82) is 0 Å². The van der Waals surface area contributed by atoms with Crippen LogP contribution in [0.15, 0.2) is 30.3 Å². The van der Waals surface area contributed by atoms with Crippen LogP contribution in [0, 0.1) is 11.8 Å². The second-order valence-electron chi connectivity index (χ2n) is 4.02. The third-order valence-corrected chi connectivity index (χ3v) is 2.58. The van der Waals surface area contributed by atoms with E-state index >= 15 is 0 Å². The van der Waals surface area contributed by atoms with Gasteiger partial charge in [0.1, 0.15) is 11.4 Å². The first kappa shape index (κ1) is 12.3. The fourth-order valence-corrected chi connectivity index (χ4v) is 1.72. The lowest BCUT2D eigenvalue weighted by Crippen LogP contribution is -2.05. The third kappa shape index (κ3) is 2.58. The van der Waals surface area contributed by atoms with Crippen LogP contribution in [-0.2, 0) is 6.54 Å². The summed E-state index contributed by atoms with van der Waals surface area (Å²) in [6.45, 7) is 4.02. The molecule has 1 heterocycles. The molecule has 0 bridgehead atoms. The second kappa shape index (κ2) is 5.48. The van der Waals surface area contributed by atoms with Crippen molar-refractivity contribution in [3.8, 4) is 11.8 Å². The minimum absolute atomic E-state index is 0.528. The lowest BCUT2D eigenvalue weighted by atomic mass is 10.2. The van der Waals surface area contributed by atoms with Gasteiger partial charge in [-0.15, -0.1) is 5.10 Å². The van der Waals surface area contributed by atoms with E-state index < -0.39 is 6.10 Å². The molecule has 1 aromatic carbocycles. The number of benzene rings is 1. The fraction of sp³-hybridized carbons (Fsp3) is 0.286. The van der Waals surface area contributed by atoms with Gasteiger partial charge < -0.3 is 5.11 Å². The van der Waals surface area contributed by atoms with Crippen molar-refractivity contribution < 1.29 is 5.11 Å². The summed E-state index contributed by atoms with van der Waals surface area (Å²) < 4.78 is 1.72. The molecular formula is C14H15N3O. The van der Waals surface area contributed by atoms with Crippen molar-refractivity contribution in [3.63, 3.8) is 0 Å². The topological polar surface area (TPSA) is 50.9 Å². The van der Waals surface area contributed by atoms with Crippen LogP contribution in [0.25, 0.3) is 0 Å². The van der Waals surface area contributed by atoms with Gasteiger partial charge in [-0.05, 0) is 25.3 Å². The van der Waals surface area contributed by atoms with Gasteiger partial charge in [-0.25, -0.2) is 4.68 Å². The average molecular weight is 241 g/mol.